The minimum atomic E-state index is 0.00879. The zero-order chi connectivity index (χ0) is 14.8. The Kier molecular flexibility index (Phi) is 3.92. The van der Waals surface area contributed by atoms with Crippen LogP contribution in [0.4, 0.5) is 0 Å². The Balaban J connectivity index is 1.61. The second-order valence-corrected chi connectivity index (χ2v) is 6.01. The van der Waals surface area contributed by atoms with E-state index in [0.29, 0.717) is 11.6 Å². The lowest BCUT2D eigenvalue weighted by molar-refractivity contribution is 0.0901. The van der Waals surface area contributed by atoms with Crippen molar-refractivity contribution in [1.29, 1.82) is 0 Å². The predicted molar refractivity (Wildman–Crippen MR) is 83.3 cm³/mol. The molecule has 0 bridgehead atoms. The number of nitrogens with zero attached hydrogens (tertiary/aromatic N) is 2. The smallest absolute Gasteiger partial charge is 0.251 e. The highest BCUT2D eigenvalue weighted by Gasteiger charge is 2.22. The normalized spacial score (nSPS) is 17.5. The van der Waals surface area contributed by atoms with E-state index in [2.05, 4.69) is 34.0 Å². The molecule has 2 aromatic rings. The minimum Gasteiger partial charge on any atom is -0.349 e. The molecule has 0 radical (unpaired) electrons. The maximum atomic E-state index is 12.3. The lowest BCUT2D eigenvalue weighted by atomic mass is 10.0. The zero-order valence-electron chi connectivity index (χ0n) is 12.6. The van der Waals surface area contributed by atoms with Gasteiger partial charge in [-0.3, -0.25) is 4.79 Å². The van der Waals surface area contributed by atoms with Crippen LogP contribution in [0.3, 0.4) is 0 Å². The summed E-state index contributed by atoms with van der Waals surface area (Å²) in [6.45, 7) is 6.56. The summed E-state index contributed by atoms with van der Waals surface area (Å²) < 4.78 is 0. The molecule has 0 unspecified atom stereocenters. The number of carbonyl (C=O) groups excluding carboxylic acids is 1. The molecule has 2 heterocycles. The van der Waals surface area contributed by atoms with Gasteiger partial charge in [0.05, 0.1) is 17.4 Å². The van der Waals surface area contributed by atoms with Gasteiger partial charge in [-0.25, -0.2) is 4.98 Å². The number of carbonyl (C=O) groups is 1. The maximum Gasteiger partial charge on any atom is 0.251 e. The van der Waals surface area contributed by atoms with Crippen LogP contribution < -0.4 is 5.32 Å². The van der Waals surface area contributed by atoms with Crippen LogP contribution >= 0.6 is 0 Å². The third-order valence-electron chi connectivity index (χ3n) is 4.28. The average molecular weight is 286 g/mol. The van der Waals surface area contributed by atoms with Crippen LogP contribution in [0.1, 0.15) is 37.0 Å². The van der Waals surface area contributed by atoms with Crippen LogP contribution in [0.25, 0.3) is 11.0 Å². The number of imidazole rings is 1. The van der Waals surface area contributed by atoms with Gasteiger partial charge in [-0.1, -0.05) is 0 Å². The van der Waals surface area contributed by atoms with Gasteiger partial charge in [0.15, 0.2) is 0 Å². The summed E-state index contributed by atoms with van der Waals surface area (Å²) in [5.74, 6) is 0.00879. The van der Waals surface area contributed by atoms with Gasteiger partial charge in [0.25, 0.3) is 5.91 Å². The molecule has 112 valence electrons. The van der Waals surface area contributed by atoms with Crippen LogP contribution in [-0.4, -0.2) is 45.9 Å². The highest BCUT2D eigenvalue weighted by Crippen LogP contribution is 2.15. The van der Waals surface area contributed by atoms with E-state index >= 15 is 0 Å². The van der Waals surface area contributed by atoms with Crippen molar-refractivity contribution < 1.29 is 4.79 Å². The first kappa shape index (κ1) is 14.1. The van der Waals surface area contributed by atoms with Crippen molar-refractivity contribution in [2.75, 3.05) is 13.1 Å². The molecule has 0 saturated carbocycles. The number of rotatable bonds is 3. The summed E-state index contributed by atoms with van der Waals surface area (Å²) in [4.78, 5) is 22.0. The van der Waals surface area contributed by atoms with Gasteiger partial charge in [0, 0.05) is 30.7 Å². The molecule has 1 saturated heterocycles. The fourth-order valence-corrected chi connectivity index (χ4v) is 2.91. The minimum absolute atomic E-state index is 0.00879. The predicted octanol–water partition coefficient (Wildman–Crippen LogP) is 2.17. The van der Waals surface area contributed by atoms with E-state index in [4.69, 9.17) is 0 Å². The summed E-state index contributed by atoms with van der Waals surface area (Å²) >= 11 is 0. The van der Waals surface area contributed by atoms with Gasteiger partial charge in [-0.2, -0.15) is 0 Å². The van der Waals surface area contributed by atoms with Crippen LogP contribution in [-0.2, 0) is 0 Å². The molecular weight excluding hydrogens is 264 g/mol. The Morgan fingerprint density at radius 1 is 1.38 bits per heavy atom. The van der Waals surface area contributed by atoms with Crippen LogP contribution in [0.5, 0.6) is 0 Å². The number of benzene rings is 1. The average Bonchev–Trinajstić information content (AvgIpc) is 2.95. The summed E-state index contributed by atoms with van der Waals surface area (Å²) in [5, 5.41) is 3.15. The molecule has 21 heavy (non-hydrogen) atoms. The van der Waals surface area contributed by atoms with Gasteiger partial charge in [-0.15, -0.1) is 0 Å². The van der Waals surface area contributed by atoms with Crippen LogP contribution in [0, 0.1) is 0 Å². The molecule has 1 aliphatic rings. The molecular formula is C16H22N4O. The standard InChI is InChI=1S/C16H22N4O/c1-11(2)20-7-5-13(6-8-20)19-16(21)12-3-4-14-15(9-12)18-10-17-14/h3-4,9-11,13H,5-8H2,1-2H3,(H,17,18)(H,19,21). The first-order valence-corrected chi connectivity index (χ1v) is 7.61. The Morgan fingerprint density at radius 3 is 2.86 bits per heavy atom. The molecule has 1 amide bonds. The molecule has 2 N–H and O–H groups in total. The number of hydrogen-bond acceptors (Lipinski definition) is 3. The second kappa shape index (κ2) is 5.85. The molecule has 0 spiro atoms. The fraction of sp³-hybridized carbons (Fsp3) is 0.500. The number of aromatic nitrogens is 2. The third kappa shape index (κ3) is 3.08. The number of amides is 1. The van der Waals surface area contributed by atoms with Crippen molar-refractivity contribution >= 4 is 16.9 Å². The lowest BCUT2D eigenvalue weighted by Crippen LogP contribution is -2.46. The first-order chi connectivity index (χ1) is 10.1. The fourth-order valence-electron chi connectivity index (χ4n) is 2.91. The van der Waals surface area contributed by atoms with Gasteiger partial charge in [-0.05, 0) is 44.9 Å². The summed E-state index contributed by atoms with van der Waals surface area (Å²) in [7, 11) is 0. The molecule has 1 fully saturated rings. The lowest BCUT2D eigenvalue weighted by Gasteiger charge is -2.34. The van der Waals surface area contributed by atoms with E-state index in [1.54, 1.807) is 6.33 Å². The molecule has 0 atom stereocenters. The van der Waals surface area contributed by atoms with E-state index in [-0.39, 0.29) is 11.9 Å². The largest absolute Gasteiger partial charge is 0.349 e. The molecule has 5 nitrogen and oxygen atoms in total. The van der Waals surface area contributed by atoms with Gasteiger partial charge in [0.2, 0.25) is 0 Å². The van der Waals surface area contributed by atoms with Crippen molar-refractivity contribution in [3.8, 4) is 0 Å². The van der Waals surface area contributed by atoms with Gasteiger partial charge >= 0.3 is 0 Å². The highest BCUT2D eigenvalue weighted by molar-refractivity contribution is 5.97. The summed E-state index contributed by atoms with van der Waals surface area (Å²) in [6.07, 6.45) is 3.69. The number of aromatic amines is 1. The maximum absolute atomic E-state index is 12.3. The molecule has 5 heteroatoms. The third-order valence-corrected chi connectivity index (χ3v) is 4.28. The van der Waals surface area contributed by atoms with Crippen molar-refractivity contribution in [1.82, 2.24) is 20.2 Å². The van der Waals surface area contributed by atoms with E-state index in [0.717, 1.165) is 37.0 Å². The monoisotopic (exact) mass is 286 g/mol. The van der Waals surface area contributed by atoms with Crippen molar-refractivity contribution in [2.45, 2.75) is 38.8 Å². The number of fused-ring (bicyclic) bond motifs is 1. The van der Waals surface area contributed by atoms with Crippen molar-refractivity contribution in [3.05, 3.63) is 30.1 Å². The molecule has 0 aliphatic carbocycles. The van der Waals surface area contributed by atoms with E-state index in [1.165, 1.54) is 0 Å². The summed E-state index contributed by atoms with van der Waals surface area (Å²) in [6, 6.07) is 6.44. The van der Waals surface area contributed by atoms with Crippen molar-refractivity contribution in [2.24, 2.45) is 0 Å². The summed E-state index contributed by atoms with van der Waals surface area (Å²) in [5.41, 5.74) is 2.48. The number of nitrogens with one attached hydrogen (secondary N) is 2. The molecule has 1 aromatic carbocycles. The van der Waals surface area contributed by atoms with E-state index in [1.807, 2.05) is 18.2 Å². The Morgan fingerprint density at radius 2 is 2.14 bits per heavy atom. The SMILES string of the molecule is CC(C)N1CCC(NC(=O)c2ccc3nc[nH]c3c2)CC1. The Labute approximate surface area is 124 Å². The molecule has 3 rings (SSSR count). The Bertz CT molecular complexity index is 626. The Hall–Kier alpha value is -1.88. The van der Waals surface area contributed by atoms with E-state index in [9.17, 15) is 4.79 Å². The molecule has 1 aliphatic heterocycles. The number of piperidine rings is 1. The van der Waals surface area contributed by atoms with Gasteiger partial charge in [0.1, 0.15) is 0 Å². The number of H-pyrrole nitrogens is 1. The van der Waals surface area contributed by atoms with Crippen molar-refractivity contribution in [3.63, 3.8) is 0 Å². The van der Waals surface area contributed by atoms with E-state index < -0.39 is 0 Å². The van der Waals surface area contributed by atoms with Crippen LogP contribution in [0.15, 0.2) is 24.5 Å². The number of hydrogen-bond donors (Lipinski definition) is 2. The van der Waals surface area contributed by atoms with Gasteiger partial charge < -0.3 is 15.2 Å². The first-order valence-electron chi connectivity index (χ1n) is 7.61. The quantitative estimate of drug-likeness (QED) is 0.909. The topological polar surface area (TPSA) is 61.0 Å². The zero-order valence-corrected chi connectivity index (χ0v) is 12.6. The number of likely N-dealkylation sites (tertiary alicyclic amines) is 1. The molecule has 1 aromatic heterocycles. The highest BCUT2D eigenvalue weighted by atomic mass is 16.1. The second-order valence-electron chi connectivity index (χ2n) is 6.01. The van der Waals surface area contributed by atoms with Crippen LogP contribution in [0.2, 0.25) is 0 Å².